The highest BCUT2D eigenvalue weighted by Crippen LogP contribution is 2.67. The lowest BCUT2D eigenvalue weighted by molar-refractivity contribution is -0.314. The van der Waals surface area contributed by atoms with E-state index in [4.69, 9.17) is 23.7 Å². The van der Waals surface area contributed by atoms with Gasteiger partial charge in [-0.1, -0.05) is 32.9 Å². The van der Waals surface area contributed by atoms with E-state index in [0.29, 0.717) is 19.4 Å². The summed E-state index contributed by atoms with van der Waals surface area (Å²) in [5.74, 6) is -1.94. The molecule has 0 aromatic heterocycles. The number of aliphatic hydroxyl groups excluding tert-OH is 6. The van der Waals surface area contributed by atoms with E-state index in [2.05, 4.69) is 26.0 Å². The molecule has 4 saturated heterocycles. The highest BCUT2D eigenvalue weighted by atomic mass is 16.8. The monoisotopic (exact) mass is 664 g/mol. The number of ether oxygens (including phenoxy) is 5. The van der Waals surface area contributed by atoms with Gasteiger partial charge in [0.15, 0.2) is 24.0 Å². The average Bonchev–Trinajstić information content (AvgIpc) is 3.64. The molecule has 19 atom stereocenters. The first-order valence-corrected chi connectivity index (χ1v) is 17.6. The van der Waals surface area contributed by atoms with Crippen molar-refractivity contribution in [3.05, 3.63) is 23.3 Å². The van der Waals surface area contributed by atoms with Gasteiger partial charge in [-0.05, 0) is 79.3 Å². The van der Waals surface area contributed by atoms with Crippen LogP contribution in [0, 0.1) is 40.4 Å². The molecular formula is C35H52O12. The summed E-state index contributed by atoms with van der Waals surface area (Å²) in [6.45, 7) is 8.04. The van der Waals surface area contributed by atoms with Crippen LogP contribution in [0.2, 0.25) is 0 Å². The second-order valence-corrected chi connectivity index (χ2v) is 16.5. The molecule has 4 aliphatic heterocycles. The highest BCUT2D eigenvalue weighted by molar-refractivity contribution is 5.47. The van der Waals surface area contributed by atoms with Crippen molar-refractivity contribution in [1.29, 1.82) is 0 Å². The van der Waals surface area contributed by atoms with Crippen LogP contribution >= 0.6 is 0 Å². The quantitative estimate of drug-likeness (QED) is 0.221. The van der Waals surface area contributed by atoms with E-state index < -0.39 is 79.2 Å². The lowest BCUT2D eigenvalue weighted by Gasteiger charge is -2.54. The first kappa shape index (κ1) is 33.2. The van der Waals surface area contributed by atoms with Crippen LogP contribution in [0.15, 0.2) is 23.3 Å². The predicted octanol–water partition coefficient (Wildman–Crippen LogP) is 0.487. The zero-order chi connectivity index (χ0) is 33.4. The Bertz CT molecular complexity index is 1320. The normalized spacial score (nSPS) is 59.9. The summed E-state index contributed by atoms with van der Waals surface area (Å²) < 4.78 is 30.3. The Hall–Kier alpha value is -1.00. The summed E-state index contributed by atoms with van der Waals surface area (Å²) >= 11 is 0. The molecule has 8 aliphatic rings. The van der Waals surface area contributed by atoms with Crippen LogP contribution in [0.25, 0.3) is 0 Å². The summed E-state index contributed by atoms with van der Waals surface area (Å²) in [6.07, 6.45) is -0.795. The van der Waals surface area contributed by atoms with E-state index in [0.717, 1.165) is 25.7 Å². The average molecular weight is 665 g/mol. The molecule has 0 spiro atoms. The van der Waals surface area contributed by atoms with Gasteiger partial charge in [0.2, 0.25) is 0 Å². The van der Waals surface area contributed by atoms with Crippen molar-refractivity contribution >= 4 is 0 Å². The van der Waals surface area contributed by atoms with Crippen molar-refractivity contribution in [3.8, 4) is 0 Å². The van der Waals surface area contributed by atoms with Gasteiger partial charge < -0.3 is 59.4 Å². The van der Waals surface area contributed by atoms with Crippen molar-refractivity contribution in [3.63, 3.8) is 0 Å². The van der Waals surface area contributed by atoms with E-state index >= 15 is 0 Å². The van der Waals surface area contributed by atoms with Gasteiger partial charge >= 0.3 is 0 Å². The Morgan fingerprint density at radius 3 is 2.49 bits per heavy atom. The molecule has 0 aromatic rings. The Morgan fingerprint density at radius 2 is 1.74 bits per heavy atom. The minimum Gasteiger partial charge on any atom is -0.394 e. The molecule has 47 heavy (non-hydrogen) atoms. The topological polar surface area (TPSA) is 188 Å². The molecule has 6 fully saturated rings. The van der Waals surface area contributed by atoms with E-state index in [1.807, 2.05) is 6.92 Å². The maximum absolute atomic E-state index is 11.8. The summed E-state index contributed by atoms with van der Waals surface area (Å²) in [7, 11) is 0. The van der Waals surface area contributed by atoms with Crippen LogP contribution in [0.1, 0.15) is 66.2 Å². The molecule has 8 rings (SSSR count). The van der Waals surface area contributed by atoms with Gasteiger partial charge in [-0.2, -0.15) is 0 Å². The highest BCUT2D eigenvalue weighted by Gasteiger charge is 2.76. The standard InChI is InChI=1S/C35H52O12/c1-15-14-43-34(4)35(15,42)29-28(47-34)23(30(41)46-29)24-21(37)12-20-18-6-5-16-11-17(7-9-32(16,2)19(18)8-10-33(20,24)3)44-31-27(40)26(39)25(38)22(13-36)45-31/h6,8,15-17,20-31,36-42H,5,7,9-14H2,1-4H3/t15-,16+,17+,20+,21-,22-,23-,24-,25-,26+,27-,28-,29+,30-,31-,32+,33+,34+,35+/m1/s1. The second kappa shape index (κ2) is 11.0. The van der Waals surface area contributed by atoms with Crippen LogP contribution in [-0.4, -0.2) is 122 Å². The lowest BCUT2D eigenvalue weighted by Crippen LogP contribution is -2.60. The number of hydrogen-bond donors (Lipinski definition) is 7. The molecule has 4 heterocycles. The van der Waals surface area contributed by atoms with Crippen molar-refractivity contribution in [2.75, 3.05) is 13.2 Å². The molecule has 4 aliphatic carbocycles. The number of hydrogen-bond acceptors (Lipinski definition) is 12. The van der Waals surface area contributed by atoms with E-state index in [-0.39, 0.29) is 40.6 Å². The largest absolute Gasteiger partial charge is 0.394 e. The summed E-state index contributed by atoms with van der Waals surface area (Å²) in [5, 5.41) is 75.4. The van der Waals surface area contributed by atoms with Gasteiger partial charge in [-0.3, -0.25) is 0 Å². The van der Waals surface area contributed by atoms with E-state index in [1.54, 1.807) is 6.92 Å². The molecule has 0 aromatic carbocycles. The molecule has 0 unspecified atom stereocenters. The number of fused-ring (bicyclic) bond motifs is 8. The third-order valence-corrected chi connectivity index (χ3v) is 14.3. The molecule has 0 radical (unpaired) electrons. The van der Waals surface area contributed by atoms with Crippen LogP contribution < -0.4 is 0 Å². The summed E-state index contributed by atoms with van der Waals surface area (Å²) in [6, 6.07) is 0. The fraction of sp³-hybridized carbons (Fsp3) is 0.886. The molecule has 12 nitrogen and oxygen atoms in total. The zero-order valence-electron chi connectivity index (χ0n) is 27.6. The third kappa shape index (κ3) is 4.37. The Balaban J connectivity index is 1.01. The molecule has 12 heteroatoms. The van der Waals surface area contributed by atoms with Crippen LogP contribution in [0.4, 0.5) is 0 Å². The van der Waals surface area contributed by atoms with Crippen LogP contribution in [-0.2, 0) is 23.7 Å². The van der Waals surface area contributed by atoms with Crippen molar-refractivity contribution in [2.45, 2.75) is 139 Å². The predicted molar refractivity (Wildman–Crippen MR) is 163 cm³/mol. The fourth-order valence-electron chi connectivity index (χ4n) is 11.5. The number of aliphatic hydroxyl groups is 7. The van der Waals surface area contributed by atoms with Crippen molar-refractivity contribution in [2.24, 2.45) is 40.4 Å². The van der Waals surface area contributed by atoms with Gasteiger partial charge in [0.25, 0.3) is 0 Å². The Morgan fingerprint density at radius 1 is 0.979 bits per heavy atom. The van der Waals surface area contributed by atoms with Crippen LogP contribution in [0.5, 0.6) is 0 Å². The lowest BCUT2D eigenvalue weighted by atomic mass is 9.51. The van der Waals surface area contributed by atoms with E-state index in [9.17, 15) is 35.7 Å². The van der Waals surface area contributed by atoms with Crippen molar-refractivity contribution < 1.29 is 59.4 Å². The molecule has 7 N–H and O–H groups in total. The van der Waals surface area contributed by atoms with Gasteiger partial charge in [0.1, 0.15) is 30.5 Å². The maximum atomic E-state index is 11.8. The van der Waals surface area contributed by atoms with Gasteiger partial charge in [-0.25, -0.2) is 0 Å². The molecule has 2 saturated carbocycles. The van der Waals surface area contributed by atoms with Gasteiger partial charge in [-0.15, -0.1) is 0 Å². The summed E-state index contributed by atoms with van der Waals surface area (Å²) in [5.41, 5.74) is 0.749. The summed E-state index contributed by atoms with van der Waals surface area (Å²) in [4.78, 5) is 0. The van der Waals surface area contributed by atoms with Gasteiger partial charge in [0.05, 0.1) is 31.5 Å². The Labute approximate surface area is 275 Å². The minimum absolute atomic E-state index is 0.0874. The van der Waals surface area contributed by atoms with Crippen LogP contribution in [0.3, 0.4) is 0 Å². The fourth-order valence-corrected chi connectivity index (χ4v) is 11.5. The maximum Gasteiger partial charge on any atom is 0.197 e. The molecule has 0 bridgehead atoms. The van der Waals surface area contributed by atoms with E-state index in [1.165, 1.54) is 11.1 Å². The number of allylic oxidation sites excluding steroid dienone is 4. The van der Waals surface area contributed by atoms with Gasteiger partial charge in [0, 0.05) is 17.8 Å². The Kier molecular flexibility index (Phi) is 7.76. The second-order valence-electron chi connectivity index (χ2n) is 16.5. The third-order valence-electron chi connectivity index (χ3n) is 14.3. The molecule has 0 amide bonds. The molecular weight excluding hydrogens is 612 g/mol. The first-order valence-electron chi connectivity index (χ1n) is 17.6. The molecule has 264 valence electrons. The first-order chi connectivity index (χ1) is 22.2. The smallest absolute Gasteiger partial charge is 0.197 e. The number of rotatable bonds is 4. The zero-order valence-corrected chi connectivity index (χ0v) is 27.6. The van der Waals surface area contributed by atoms with Crippen molar-refractivity contribution in [1.82, 2.24) is 0 Å². The minimum atomic E-state index is -1.47. The SMILES string of the molecule is C[C@@H]1CO[C@@]2(C)O[C@@H]3[C@@H]([C@H]4[C@H](O)C[C@H]5C6=CC[C@H]7C[C@@H](O[C@@H]8O[C@H](CO)[C@@H](O)[C@H](O)[C@H]8O)CC[C@]7(C)C6=CC[C@]45C)[C@H](O)O[C@@H]3[C@@]12O.